The summed E-state index contributed by atoms with van der Waals surface area (Å²) in [4.78, 5) is 4.54. The first-order valence-electron chi connectivity index (χ1n) is 5.33. The molecule has 0 saturated carbocycles. The van der Waals surface area contributed by atoms with E-state index in [-0.39, 0.29) is 6.61 Å². The van der Waals surface area contributed by atoms with Gasteiger partial charge in [-0.3, -0.25) is 0 Å². The molecule has 1 N–H and O–H groups in total. The average molecular weight is 212 g/mol. The van der Waals surface area contributed by atoms with Crippen LogP contribution in [-0.2, 0) is 6.54 Å². The molecule has 0 atom stereocenters. The molecule has 3 rings (SSSR count). The van der Waals surface area contributed by atoms with E-state index < -0.39 is 0 Å². The van der Waals surface area contributed by atoms with Crippen LogP contribution in [0.5, 0.6) is 0 Å². The van der Waals surface area contributed by atoms with Crippen molar-refractivity contribution in [3.8, 4) is 11.3 Å². The molecule has 0 bridgehead atoms. The zero-order chi connectivity index (χ0) is 11.0. The first-order valence-corrected chi connectivity index (χ1v) is 5.33. The molecule has 0 fully saturated rings. The lowest BCUT2D eigenvalue weighted by atomic mass is 10.1. The second-order valence-electron chi connectivity index (χ2n) is 3.83. The number of hydrogen-bond donors (Lipinski definition) is 1. The van der Waals surface area contributed by atoms with Crippen molar-refractivity contribution in [3.63, 3.8) is 0 Å². The van der Waals surface area contributed by atoms with E-state index in [1.165, 1.54) is 5.39 Å². The monoisotopic (exact) mass is 212 g/mol. The third kappa shape index (κ3) is 1.37. The van der Waals surface area contributed by atoms with Crippen LogP contribution in [0.4, 0.5) is 0 Å². The van der Waals surface area contributed by atoms with Gasteiger partial charge < -0.3 is 9.67 Å². The minimum atomic E-state index is 0.155. The first kappa shape index (κ1) is 9.36. The fraction of sp³-hybridized carbons (Fsp3) is 0.154. The number of nitrogens with zero attached hydrogens (tertiary/aromatic N) is 2. The van der Waals surface area contributed by atoms with E-state index in [0.29, 0.717) is 6.54 Å². The van der Waals surface area contributed by atoms with Gasteiger partial charge in [0.05, 0.1) is 17.8 Å². The molecule has 0 aromatic heterocycles. The van der Waals surface area contributed by atoms with Gasteiger partial charge in [-0.15, -0.1) is 0 Å². The van der Waals surface area contributed by atoms with E-state index in [2.05, 4.69) is 11.1 Å². The number of aromatic nitrogens is 2. The van der Waals surface area contributed by atoms with Crippen molar-refractivity contribution in [1.82, 2.24) is 9.55 Å². The number of pyridine rings is 1. The van der Waals surface area contributed by atoms with E-state index in [0.717, 1.165) is 16.8 Å². The molecule has 2 aliphatic rings. The van der Waals surface area contributed by atoms with Crippen LogP contribution in [0.25, 0.3) is 22.2 Å². The lowest BCUT2D eigenvalue weighted by molar-refractivity contribution is 0.276. The molecule has 0 amide bonds. The summed E-state index contributed by atoms with van der Waals surface area (Å²) in [5.41, 5.74) is 3.18. The topological polar surface area (TPSA) is 38.0 Å². The summed E-state index contributed by atoms with van der Waals surface area (Å²) < 4.78 is 1.98. The van der Waals surface area contributed by atoms with Crippen molar-refractivity contribution in [2.24, 2.45) is 0 Å². The van der Waals surface area contributed by atoms with Gasteiger partial charge in [-0.1, -0.05) is 18.2 Å². The molecule has 0 radical (unpaired) electrons. The summed E-state index contributed by atoms with van der Waals surface area (Å²) in [5.74, 6) is 0. The summed E-state index contributed by atoms with van der Waals surface area (Å²) in [7, 11) is 0. The quantitative estimate of drug-likeness (QED) is 0.706. The summed E-state index contributed by atoms with van der Waals surface area (Å²) >= 11 is 0. The van der Waals surface area contributed by atoms with Crippen LogP contribution in [0.2, 0.25) is 0 Å². The fourth-order valence-electron chi connectivity index (χ4n) is 2.02. The fourth-order valence-corrected chi connectivity index (χ4v) is 2.02. The first-order chi connectivity index (χ1) is 7.88. The SMILES string of the molecule is OCCn1ccc2nc3ccccc3c-2c1. The van der Waals surface area contributed by atoms with Crippen molar-refractivity contribution >= 4 is 10.9 Å². The van der Waals surface area contributed by atoms with Crippen LogP contribution < -0.4 is 0 Å². The largest absolute Gasteiger partial charge is 0.395 e. The Balaban J connectivity index is 2.27. The van der Waals surface area contributed by atoms with Crippen molar-refractivity contribution in [1.29, 1.82) is 0 Å². The lowest BCUT2D eigenvalue weighted by Gasteiger charge is -2.06. The number of fused-ring (bicyclic) bond motifs is 3. The van der Waals surface area contributed by atoms with Crippen molar-refractivity contribution in [2.45, 2.75) is 6.54 Å². The second-order valence-corrected chi connectivity index (χ2v) is 3.83. The Kier molecular flexibility index (Phi) is 2.11. The smallest absolute Gasteiger partial charge is 0.0745 e. The highest BCUT2D eigenvalue weighted by Gasteiger charge is 2.10. The van der Waals surface area contributed by atoms with E-state index >= 15 is 0 Å². The maximum Gasteiger partial charge on any atom is 0.0745 e. The van der Waals surface area contributed by atoms with Crippen molar-refractivity contribution in [3.05, 3.63) is 42.7 Å². The van der Waals surface area contributed by atoms with Gasteiger partial charge in [-0.2, -0.15) is 0 Å². The standard InChI is InChI=1S/C13H12N2O/c16-8-7-15-6-5-13-11(9-15)10-3-1-2-4-12(10)14-13/h1-6,9,16H,7-8H2. The number of hydrogen-bond acceptors (Lipinski definition) is 2. The van der Waals surface area contributed by atoms with Gasteiger partial charge in [0, 0.05) is 29.9 Å². The normalized spacial score (nSPS) is 11.3. The lowest BCUT2D eigenvalue weighted by Crippen LogP contribution is -2.02. The van der Waals surface area contributed by atoms with Crippen molar-refractivity contribution in [2.75, 3.05) is 6.61 Å². The highest BCUT2D eigenvalue weighted by molar-refractivity contribution is 5.96. The van der Waals surface area contributed by atoms with Crippen LogP contribution in [-0.4, -0.2) is 21.3 Å². The predicted octanol–water partition coefficient (Wildman–Crippen LogP) is 2.13. The number of para-hydroxylation sites is 1. The highest BCUT2D eigenvalue weighted by Crippen LogP contribution is 2.29. The summed E-state index contributed by atoms with van der Waals surface area (Å²) in [6, 6.07) is 10.1. The van der Waals surface area contributed by atoms with E-state index in [1.54, 1.807) is 0 Å². The number of rotatable bonds is 2. The van der Waals surface area contributed by atoms with Gasteiger partial charge in [0.2, 0.25) is 0 Å². The van der Waals surface area contributed by atoms with E-state index in [1.807, 2.05) is 41.2 Å². The van der Waals surface area contributed by atoms with Gasteiger partial charge in [0.25, 0.3) is 0 Å². The zero-order valence-corrected chi connectivity index (χ0v) is 8.80. The summed E-state index contributed by atoms with van der Waals surface area (Å²) in [6.07, 6.45) is 3.99. The number of aliphatic hydroxyl groups excluding tert-OH is 1. The molecule has 1 aromatic rings. The van der Waals surface area contributed by atoms with Crippen LogP contribution >= 0.6 is 0 Å². The Morgan fingerprint density at radius 1 is 1.19 bits per heavy atom. The summed E-state index contributed by atoms with van der Waals surface area (Å²) in [5, 5.41) is 10.1. The molecule has 3 nitrogen and oxygen atoms in total. The molecule has 0 aliphatic carbocycles. The van der Waals surface area contributed by atoms with Crippen LogP contribution in [0.3, 0.4) is 0 Å². The Morgan fingerprint density at radius 3 is 2.94 bits per heavy atom. The summed E-state index contributed by atoms with van der Waals surface area (Å²) in [6.45, 7) is 0.775. The maximum absolute atomic E-state index is 8.92. The van der Waals surface area contributed by atoms with E-state index in [9.17, 15) is 0 Å². The van der Waals surface area contributed by atoms with Gasteiger partial charge in [-0.05, 0) is 12.1 Å². The highest BCUT2D eigenvalue weighted by atomic mass is 16.3. The van der Waals surface area contributed by atoms with Crippen LogP contribution in [0.1, 0.15) is 0 Å². The Hall–Kier alpha value is -1.87. The maximum atomic E-state index is 8.92. The molecule has 16 heavy (non-hydrogen) atoms. The third-order valence-corrected chi connectivity index (χ3v) is 2.79. The van der Waals surface area contributed by atoms with Gasteiger partial charge in [0.15, 0.2) is 0 Å². The number of aliphatic hydroxyl groups is 1. The van der Waals surface area contributed by atoms with Gasteiger partial charge in [0.1, 0.15) is 0 Å². The number of benzene rings is 1. The molecular formula is C13H12N2O. The molecule has 3 heteroatoms. The Morgan fingerprint density at radius 2 is 2.06 bits per heavy atom. The van der Waals surface area contributed by atoms with Crippen LogP contribution in [0.15, 0.2) is 42.7 Å². The molecular weight excluding hydrogens is 200 g/mol. The Bertz CT molecular complexity index is 600. The Labute approximate surface area is 93.3 Å². The van der Waals surface area contributed by atoms with E-state index in [4.69, 9.17) is 5.11 Å². The molecule has 2 heterocycles. The molecule has 0 unspecified atom stereocenters. The molecule has 1 aromatic carbocycles. The molecule has 80 valence electrons. The molecule has 2 aliphatic heterocycles. The molecule has 0 spiro atoms. The van der Waals surface area contributed by atoms with Crippen molar-refractivity contribution < 1.29 is 5.11 Å². The third-order valence-electron chi connectivity index (χ3n) is 2.79. The molecule has 0 saturated heterocycles. The zero-order valence-electron chi connectivity index (χ0n) is 8.80. The van der Waals surface area contributed by atoms with Gasteiger partial charge in [-0.25, -0.2) is 4.98 Å². The van der Waals surface area contributed by atoms with Crippen LogP contribution in [0, 0.1) is 0 Å². The average Bonchev–Trinajstić information content (AvgIpc) is 2.68. The minimum Gasteiger partial charge on any atom is -0.395 e. The van der Waals surface area contributed by atoms with Gasteiger partial charge >= 0.3 is 0 Å². The minimum absolute atomic E-state index is 0.155. The second kappa shape index (κ2) is 3.61. The predicted molar refractivity (Wildman–Crippen MR) is 63.4 cm³/mol.